The van der Waals surface area contributed by atoms with Crippen molar-refractivity contribution in [3.63, 3.8) is 0 Å². The summed E-state index contributed by atoms with van der Waals surface area (Å²) in [5.74, 6) is -0.618. The van der Waals surface area contributed by atoms with Crippen LogP contribution in [0.3, 0.4) is 0 Å². The Bertz CT molecular complexity index is 755. The average molecular weight is 449 g/mol. The van der Waals surface area contributed by atoms with Crippen LogP contribution in [0.25, 0.3) is 0 Å². The lowest BCUT2D eigenvalue weighted by Crippen LogP contribution is -2.36. The second-order valence-electron chi connectivity index (χ2n) is 6.26. The van der Waals surface area contributed by atoms with Crippen LogP contribution in [-0.4, -0.2) is 18.5 Å². The van der Waals surface area contributed by atoms with Gasteiger partial charge in [0, 0.05) is 3.57 Å². The lowest BCUT2D eigenvalue weighted by molar-refractivity contribution is -0.153. The second kappa shape index (κ2) is 7.99. The van der Waals surface area contributed by atoms with Crippen molar-refractivity contribution in [2.24, 2.45) is 0 Å². The lowest BCUT2D eigenvalue weighted by atomic mass is 9.79. The minimum Gasteiger partial charge on any atom is -0.455 e. The summed E-state index contributed by atoms with van der Waals surface area (Å²) in [6, 6.07) is 17.2. The molecule has 0 atom stereocenters. The summed E-state index contributed by atoms with van der Waals surface area (Å²) in [5, 5.41) is 2.78. The number of carbonyl (C=O) groups excluding carboxylic acids is 2. The van der Waals surface area contributed by atoms with Crippen molar-refractivity contribution >= 4 is 40.2 Å². The first-order chi connectivity index (χ1) is 12.1. The molecule has 0 aromatic heterocycles. The van der Waals surface area contributed by atoms with E-state index in [1.165, 1.54) is 0 Å². The predicted octanol–water partition coefficient (Wildman–Crippen LogP) is 4.28. The number of nitrogens with one attached hydrogen (secondary N) is 1. The Balaban J connectivity index is 1.65. The van der Waals surface area contributed by atoms with Crippen molar-refractivity contribution in [3.05, 3.63) is 63.7 Å². The quantitative estimate of drug-likeness (QED) is 0.548. The van der Waals surface area contributed by atoms with Gasteiger partial charge in [-0.15, -0.1) is 0 Å². The van der Waals surface area contributed by atoms with Gasteiger partial charge in [-0.2, -0.15) is 0 Å². The maximum atomic E-state index is 12.8. The van der Waals surface area contributed by atoms with Gasteiger partial charge in [0.2, 0.25) is 0 Å². The maximum Gasteiger partial charge on any atom is 0.317 e. The van der Waals surface area contributed by atoms with Crippen LogP contribution in [0.1, 0.15) is 31.2 Å². The van der Waals surface area contributed by atoms with Gasteiger partial charge in [0.25, 0.3) is 5.91 Å². The van der Waals surface area contributed by atoms with Gasteiger partial charge in [0.1, 0.15) is 0 Å². The number of benzene rings is 2. The van der Waals surface area contributed by atoms with E-state index in [-0.39, 0.29) is 18.5 Å². The number of anilines is 1. The molecule has 0 spiro atoms. The first kappa shape index (κ1) is 17.9. The van der Waals surface area contributed by atoms with Gasteiger partial charge < -0.3 is 10.1 Å². The number of esters is 1. The highest BCUT2D eigenvalue weighted by molar-refractivity contribution is 14.1. The molecule has 25 heavy (non-hydrogen) atoms. The number of hydrogen-bond acceptors (Lipinski definition) is 3. The smallest absolute Gasteiger partial charge is 0.317 e. The van der Waals surface area contributed by atoms with Crippen LogP contribution in [0.2, 0.25) is 0 Å². The third-order valence-corrected chi connectivity index (χ3v) is 5.60. The van der Waals surface area contributed by atoms with E-state index >= 15 is 0 Å². The molecule has 0 unspecified atom stereocenters. The molecule has 1 fully saturated rings. The second-order valence-corrected chi connectivity index (χ2v) is 7.42. The molecule has 1 N–H and O–H groups in total. The van der Waals surface area contributed by atoms with Gasteiger partial charge >= 0.3 is 5.97 Å². The molecule has 0 radical (unpaired) electrons. The van der Waals surface area contributed by atoms with E-state index < -0.39 is 5.41 Å². The minimum absolute atomic E-state index is 0.265. The molecule has 0 bridgehead atoms. The van der Waals surface area contributed by atoms with Crippen LogP contribution in [0.15, 0.2) is 54.6 Å². The highest BCUT2D eigenvalue weighted by atomic mass is 127. The van der Waals surface area contributed by atoms with Crippen LogP contribution >= 0.6 is 22.6 Å². The zero-order valence-electron chi connectivity index (χ0n) is 13.8. The summed E-state index contributed by atoms with van der Waals surface area (Å²) in [5.41, 5.74) is 1.10. The van der Waals surface area contributed by atoms with Crippen LogP contribution < -0.4 is 5.32 Å². The zero-order chi connectivity index (χ0) is 17.7. The minimum atomic E-state index is -0.608. The molecule has 0 heterocycles. The molecule has 0 saturated heterocycles. The number of rotatable bonds is 5. The van der Waals surface area contributed by atoms with E-state index in [0.717, 1.165) is 40.5 Å². The Labute approximate surface area is 161 Å². The summed E-state index contributed by atoms with van der Waals surface area (Å²) in [7, 11) is 0. The van der Waals surface area contributed by atoms with Gasteiger partial charge in [0.15, 0.2) is 6.61 Å². The number of ether oxygens (including phenoxy) is 1. The van der Waals surface area contributed by atoms with E-state index in [0.29, 0.717) is 0 Å². The first-order valence-electron chi connectivity index (χ1n) is 8.39. The number of halogens is 1. The molecule has 130 valence electrons. The Morgan fingerprint density at radius 2 is 1.64 bits per heavy atom. The normalized spacial score (nSPS) is 15.6. The molecule has 1 amide bonds. The fraction of sp³-hybridized carbons (Fsp3) is 0.300. The third-order valence-electron chi connectivity index (χ3n) is 4.66. The van der Waals surface area contributed by atoms with Gasteiger partial charge in [-0.1, -0.05) is 55.3 Å². The molecule has 2 aromatic rings. The van der Waals surface area contributed by atoms with Gasteiger partial charge in [-0.05, 0) is 53.1 Å². The Kier molecular flexibility index (Phi) is 5.73. The molecule has 1 saturated carbocycles. The molecule has 1 aliphatic carbocycles. The molecular formula is C20H20INO3. The standard InChI is InChI=1S/C20H20INO3/c21-16-10-4-5-11-17(16)22-18(23)14-25-19(24)20(12-6-7-13-20)15-8-2-1-3-9-15/h1-5,8-11H,6-7,12-14H2,(H,22,23). The molecular weight excluding hydrogens is 429 g/mol. The Hall–Kier alpha value is -1.89. The first-order valence-corrected chi connectivity index (χ1v) is 9.47. The van der Waals surface area contributed by atoms with Crippen LogP contribution in [0, 0.1) is 3.57 Å². The summed E-state index contributed by atoms with van der Waals surface area (Å²) >= 11 is 2.15. The largest absolute Gasteiger partial charge is 0.455 e. The zero-order valence-corrected chi connectivity index (χ0v) is 16.0. The van der Waals surface area contributed by atoms with Crippen molar-refractivity contribution in [1.29, 1.82) is 0 Å². The van der Waals surface area contributed by atoms with Crippen molar-refractivity contribution in [2.45, 2.75) is 31.1 Å². The van der Waals surface area contributed by atoms with Crippen LogP contribution in [-0.2, 0) is 19.7 Å². The maximum absolute atomic E-state index is 12.8. The summed E-state index contributed by atoms with van der Waals surface area (Å²) in [4.78, 5) is 24.9. The SMILES string of the molecule is O=C(COC(=O)C1(c2ccccc2)CCCC1)Nc1ccccc1I. The summed E-state index contributed by atoms with van der Waals surface area (Å²) < 4.78 is 6.35. The van der Waals surface area contributed by atoms with E-state index in [4.69, 9.17) is 4.74 Å². The van der Waals surface area contributed by atoms with Crippen LogP contribution in [0.4, 0.5) is 5.69 Å². The fourth-order valence-electron chi connectivity index (χ4n) is 3.36. The average Bonchev–Trinajstić information content (AvgIpc) is 3.13. The van der Waals surface area contributed by atoms with Gasteiger partial charge in [0.05, 0.1) is 11.1 Å². The molecule has 2 aromatic carbocycles. The van der Waals surface area contributed by atoms with Gasteiger partial charge in [-0.3, -0.25) is 9.59 Å². The molecule has 4 nitrogen and oxygen atoms in total. The highest BCUT2D eigenvalue weighted by Gasteiger charge is 2.44. The van der Waals surface area contributed by atoms with Crippen molar-refractivity contribution in [1.82, 2.24) is 0 Å². The number of para-hydroxylation sites is 1. The highest BCUT2D eigenvalue weighted by Crippen LogP contribution is 2.42. The lowest BCUT2D eigenvalue weighted by Gasteiger charge is -2.27. The van der Waals surface area contributed by atoms with Crippen molar-refractivity contribution in [3.8, 4) is 0 Å². The van der Waals surface area contributed by atoms with E-state index in [1.54, 1.807) is 0 Å². The molecule has 0 aliphatic heterocycles. The van der Waals surface area contributed by atoms with Crippen molar-refractivity contribution < 1.29 is 14.3 Å². The predicted molar refractivity (Wildman–Crippen MR) is 105 cm³/mol. The number of hydrogen-bond donors (Lipinski definition) is 1. The fourth-order valence-corrected chi connectivity index (χ4v) is 3.89. The van der Waals surface area contributed by atoms with E-state index in [2.05, 4.69) is 27.9 Å². The summed E-state index contributed by atoms with van der Waals surface area (Å²) in [6.07, 6.45) is 3.54. The van der Waals surface area contributed by atoms with E-state index in [9.17, 15) is 9.59 Å². The summed E-state index contributed by atoms with van der Waals surface area (Å²) in [6.45, 7) is -0.265. The molecule has 1 aliphatic rings. The van der Waals surface area contributed by atoms with E-state index in [1.807, 2.05) is 54.6 Å². The molecule has 3 rings (SSSR count). The topological polar surface area (TPSA) is 55.4 Å². The Morgan fingerprint density at radius 1 is 1.00 bits per heavy atom. The number of carbonyl (C=O) groups is 2. The Morgan fingerprint density at radius 3 is 2.32 bits per heavy atom. The molecule has 5 heteroatoms. The monoisotopic (exact) mass is 449 g/mol. The number of amides is 1. The van der Waals surface area contributed by atoms with Crippen LogP contribution in [0.5, 0.6) is 0 Å². The van der Waals surface area contributed by atoms with Crippen molar-refractivity contribution in [2.75, 3.05) is 11.9 Å². The third kappa shape index (κ3) is 4.03. The van der Waals surface area contributed by atoms with Gasteiger partial charge in [-0.25, -0.2) is 0 Å².